The summed E-state index contributed by atoms with van der Waals surface area (Å²) in [5.74, 6) is -1.38. The fourth-order valence-corrected chi connectivity index (χ4v) is 3.20. The molecule has 0 saturated heterocycles. The number of amides is 1. The van der Waals surface area contributed by atoms with E-state index in [0.29, 0.717) is 8.67 Å². The summed E-state index contributed by atoms with van der Waals surface area (Å²) < 4.78 is 0.718. The van der Waals surface area contributed by atoms with Gasteiger partial charge in [0.15, 0.2) is 0 Å². The zero-order valence-electron chi connectivity index (χ0n) is 9.52. The van der Waals surface area contributed by atoms with Crippen molar-refractivity contribution in [3.05, 3.63) is 20.3 Å². The number of thiophene rings is 1. The van der Waals surface area contributed by atoms with Gasteiger partial charge in [0.25, 0.3) is 5.91 Å². The van der Waals surface area contributed by atoms with Crippen molar-refractivity contribution in [2.24, 2.45) is 0 Å². The Bertz CT molecular complexity index is 498. The van der Waals surface area contributed by atoms with Gasteiger partial charge in [0.05, 0.1) is 9.90 Å². The van der Waals surface area contributed by atoms with Crippen molar-refractivity contribution < 1.29 is 14.7 Å². The zero-order valence-corrected chi connectivity index (χ0v) is 11.8. The maximum atomic E-state index is 12.3. The van der Waals surface area contributed by atoms with E-state index in [1.54, 1.807) is 0 Å². The first kappa shape index (κ1) is 13.6. The van der Waals surface area contributed by atoms with Crippen LogP contribution in [0.4, 0.5) is 0 Å². The Labute approximate surface area is 118 Å². The third-order valence-corrected chi connectivity index (χ3v) is 4.32. The molecule has 2 rings (SSSR count). The normalized spacial score (nSPS) is 16.4. The third-order valence-electron chi connectivity index (χ3n) is 2.84. The highest BCUT2D eigenvalue weighted by molar-refractivity contribution is 7.20. The second-order valence-electron chi connectivity index (χ2n) is 4.20. The predicted molar refractivity (Wildman–Crippen MR) is 70.6 cm³/mol. The summed E-state index contributed by atoms with van der Waals surface area (Å²) >= 11 is 12.8. The van der Waals surface area contributed by atoms with Crippen LogP contribution in [0, 0.1) is 0 Å². The molecule has 7 heteroatoms. The number of carboxylic acid groups (broad SMARTS) is 1. The van der Waals surface area contributed by atoms with E-state index in [2.05, 4.69) is 0 Å². The van der Waals surface area contributed by atoms with Gasteiger partial charge in [-0.05, 0) is 25.8 Å². The van der Waals surface area contributed by atoms with Crippen LogP contribution < -0.4 is 0 Å². The Morgan fingerprint density at radius 1 is 1.50 bits per heavy atom. The number of rotatable bonds is 4. The van der Waals surface area contributed by atoms with E-state index in [1.165, 1.54) is 17.9 Å². The summed E-state index contributed by atoms with van der Waals surface area (Å²) in [5, 5.41) is 9.05. The predicted octanol–water partition coefficient (Wildman–Crippen LogP) is 3.13. The lowest BCUT2D eigenvalue weighted by atomic mass is 10.2. The van der Waals surface area contributed by atoms with E-state index in [4.69, 9.17) is 28.3 Å². The van der Waals surface area contributed by atoms with Gasteiger partial charge in [0.1, 0.15) is 10.4 Å². The highest BCUT2D eigenvalue weighted by atomic mass is 35.5. The van der Waals surface area contributed by atoms with Gasteiger partial charge < -0.3 is 10.0 Å². The molecule has 0 aliphatic heterocycles. The lowest BCUT2D eigenvalue weighted by Crippen LogP contribution is -2.44. The zero-order chi connectivity index (χ0) is 13.4. The van der Waals surface area contributed by atoms with Crippen LogP contribution in [0.5, 0.6) is 0 Å². The molecule has 1 unspecified atom stereocenters. The second-order valence-corrected chi connectivity index (χ2v) is 6.48. The molecule has 4 nitrogen and oxygen atoms in total. The van der Waals surface area contributed by atoms with E-state index in [9.17, 15) is 9.59 Å². The highest BCUT2D eigenvalue weighted by Gasteiger charge is 2.39. The standard InChI is InChI=1S/C11H11Cl2NO3S/c1-5(11(16)17)14(6-2-3-6)10(15)7-4-8(12)18-9(7)13/h4-6H,2-3H2,1H3,(H,16,17). The number of carboxylic acids is 1. The topological polar surface area (TPSA) is 57.6 Å². The first-order valence-electron chi connectivity index (χ1n) is 5.42. The fourth-order valence-electron chi connectivity index (χ4n) is 1.75. The lowest BCUT2D eigenvalue weighted by molar-refractivity contribution is -0.141. The number of hydrogen-bond donors (Lipinski definition) is 1. The van der Waals surface area contributed by atoms with Gasteiger partial charge in [-0.15, -0.1) is 11.3 Å². The average Bonchev–Trinajstić information content (AvgIpc) is 3.04. The molecule has 1 aromatic rings. The van der Waals surface area contributed by atoms with Crippen LogP contribution in [-0.2, 0) is 4.79 Å². The molecule has 0 spiro atoms. The molecule has 1 N–H and O–H groups in total. The molecule has 1 atom stereocenters. The SMILES string of the molecule is CC(C(=O)O)N(C(=O)c1cc(Cl)sc1Cl)C1CC1. The monoisotopic (exact) mass is 307 g/mol. The molecule has 1 aromatic heterocycles. The van der Waals surface area contributed by atoms with E-state index >= 15 is 0 Å². The molecule has 98 valence electrons. The molecular formula is C11H11Cl2NO3S. The van der Waals surface area contributed by atoms with Crippen molar-refractivity contribution in [1.82, 2.24) is 4.90 Å². The maximum absolute atomic E-state index is 12.3. The Morgan fingerprint density at radius 2 is 2.11 bits per heavy atom. The van der Waals surface area contributed by atoms with Gasteiger partial charge in [0.2, 0.25) is 0 Å². The molecule has 0 aromatic carbocycles. The van der Waals surface area contributed by atoms with Crippen molar-refractivity contribution in [2.75, 3.05) is 0 Å². The third kappa shape index (κ3) is 2.63. The van der Waals surface area contributed by atoms with Gasteiger partial charge in [0, 0.05) is 6.04 Å². The van der Waals surface area contributed by atoms with Crippen LogP contribution in [0.3, 0.4) is 0 Å². The summed E-state index contributed by atoms with van der Waals surface area (Å²) in [5.41, 5.74) is 0.284. The molecule has 1 fully saturated rings. The average molecular weight is 308 g/mol. The first-order chi connectivity index (χ1) is 8.41. The fraction of sp³-hybridized carbons (Fsp3) is 0.455. The van der Waals surface area contributed by atoms with E-state index in [0.717, 1.165) is 24.2 Å². The molecule has 0 radical (unpaired) electrons. The van der Waals surface area contributed by atoms with Crippen LogP contribution in [0.1, 0.15) is 30.1 Å². The van der Waals surface area contributed by atoms with Crippen molar-refractivity contribution in [1.29, 1.82) is 0 Å². The van der Waals surface area contributed by atoms with Crippen LogP contribution in [-0.4, -0.2) is 34.0 Å². The Kier molecular flexibility index (Phi) is 3.84. The van der Waals surface area contributed by atoms with E-state index < -0.39 is 12.0 Å². The number of carbonyl (C=O) groups is 2. The van der Waals surface area contributed by atoms with Crippen LogP contribution in [0.15, 0.2) is 6.07 Å². The molecular weight excluding hydrogens is 297 g/mol. The minimum absolute atomic E-state index is 0.00154. The van der Waals surface area contributed by atoms with Crippen molar-refractivity contribution in [3.63, 3.8) is 0 Å². The number of nitrogens with zero attached hydrogens (tertiary/aromatic N) is 1. The Balaban J connectivity index is 2.29. The molecule has 18 heavy (non-hydrogen) atoms. The molecule has 1 aliphatic rings. The molecule has 1 amide bonds. The maximum Gasteiger partial charge on any atom is 0.326 e. The number of hydrogen-bond acceptors (Lipinski definition) is 3. The quantitative estimate of drug-likeness (QED) is 0.929. The minimum atomic E-state index is -1.02. The molecule has 1 aliphatic carbocycles. The lowest BCUT2D eigenvalue weighted by Gasteiger charge is -2.26. The highest BCUT2D eigenvalue weighted by Crippen LogP contribution is 2.35. The van der Waals surface area contributed by atoms with Gasteiger partial charge in [-0.2, -0.15) is 0 Å². The summed E-state index contributed by atoms with van der Waals surface area (Å²) in [4.78, 5) is 24.8. The van der Waals surface area contributed by atoms with Crippen LogP contribution >= 0.6 is 34.5 Å². The number of carbonyl (C=O) groups excluding carboxylic acids is 1. The Morgan fingerprint density at radius 3 is 2.50 bits per heavy atom. The number of halogens is 2. The summed E-state index contributed by atoms with van der Waals surface area (Å²) in [6.07, 6.45) is 1.66. The van der Waals surface area contributed by atoms with Crippen molar-refractivity contribution >= 4 is 46.4 Å². The Hall–Kier alpha value is -0.780. The number of aliphatic carboxylic acids is 1. The first-order valence-corrected chi connectivity index (χ1v) is 6.99. The van der Waals surface area contributed by atoms with Gasteiger partial charge in [-0.25, -0.2) is 4.79 Å². The summed E-state index contributed by atoms with van der Waals surface area (Å²) in [7, 11) is 0. The van der Waals surface area contributed by atoms with E-state index in [-0.39, 0.29) is 17.5 Å². The van der Waals surface area contributed by atoms with Crippen LogP contribution in [0.2, 0.25) is 8.67 Å². The summed E-state index contributed by atoms with van der Waals surface area (Å²) in [6, 6.07) is 0.624. The molecule has 0 bridgehead atoms. The van der Waals surface area contributed by atoms with Crippen molar-refractivity contribution in [3.8, 4) is 0 Å². The van der Waals surface area contributed by atoms with Gasteiger partial charge >= 0.3 is 5.97 Å². The largest absolute Gasteiger partial charge is 0.480 e. The summed E-state index contributed by atoms with van der Waals surface area (Å²) in [6.45, 7) is 1.50. The van der Waals surface area contributed by atoms with Crippen molar-refractivity contribution in [2.45, 2.75) is 31.8 Å². The van der Waals surface area contributed by atoms with E-state index in [1.807, 2.05) is 0 Å². The van der Waals surface area contributed by atoms with Crippen LogP contribution in [0.25, 0.3) is 0 Å². The smallest absolute Gasteiger partial charge is 0.326 e. The second kappa shape index (κ2) is 5.07. The minimum Gasteiger partial charge on any atom is -0.480 e. The van der Waals surface area contributed by atoms with Gasteiger partial charge in [-0.1, -0.05) is 23.2 Å². The molecule has 1 heterocycles. The molecule has 1 saturated carbocycles. The van der Waals surface area contributed by atoms with Gasteiger partial charge in [-0.3, -0.25) is 4.79 Å².